The number of anilines is 2. The van der Waals surface area contributed by atoms with E-state index in [1.54, 1.807) is 85.2 Å². The number of aldehydes is 1. The van der Waals surface area contributed by atoms with Crippen LogP contribution < -0.4 is 11.1 Å². The standard InChI is InChI=1S/C21H14ClF2N3O.C9H7NO.C7H5ClO.C5H4F2N2/c22-14-6-3-13(4-7-14)18(27-21-17(24)10-15(23)11-26-21)16-8-5-12-2-1-9-25-19(12)20(16)28;11-8-5-1-3-7-4-2-6-10-9(7)8;8-7-3-1-6(5-9)2-4-7;6-3-1-4(7)5(8)9-2-3/h1-11,18,28H,(H,26,27);1-6,11H;1-5H;1-2H,(H2,8,9). The van der Waals surface area contributed by atoms with Crippen LogP contribution in [0.25, 0.3) is 21.8 Å². The third-order valence-electron chi connectivity index (χ3n) is 7.84. The van der Waals surface area contributed by atoms with Crippen LogP contribution in [0.4, 0.5) is 29.2 Å². The molecule has 0 spiro atoms. The highest BCUT2D eigenvalue weighted by atomic mass is 35.5. The number of nitrogen functional groups attached to an aromatic ring is 1. The Hall–Kier alpha value is -6.83. The number of carbonyl (C=O) groups excluding carboxylic acids is 1. The molecule has 1 unspecified atom stereocenters. The van der Waals surface area contributed by atoms with Crippen LogP contribution in [-0.2, 0) is 0 Å². The lowest BCUT2D eigenvalue weighted by Crippen LogP contribution is -2.15. The van der Waals surface area contributed by atoms with Gasteiger partial charge in [0, 0.05) is 56.5 Å². The number of hydrogen-bond acceptors (Lipinski definition) is 9. The molecule has 0 aliphatic rings. The summed E-state index contributed by atoms with van der Waals surface area (Å²) in [6.07, 6.45) is 5.82. The van der Waals surface area contributed by atoms with Gasteiger partial charge in [0.2, 0.25) is 0 Å². The van der Waals surface area contributed by atoms with Crippen molar-refractivity contribution in [3.05, 3.63) is 190 Å². The van der Waals surface area contributed by atoms with Crippen molar-refractivity contribution in [2.75, 3.05) is 11.1 Å². The number of nitrogens with zero attached hydrogens (tertiary/aromatic N) is 4. The number of para-hydroxylation sites is 1. The van der Waals surface area contributed by atoms with Crippen molar-refractivity contribution >= 4 is 62.9 Å². The minimum atomic E-state index is -0.836. The lowest BCUT2D eigenvalue weighted by atomic mass is 9.96. The average Bonchev–Trinajstić information content (AvgIpc) is 3.21. The summed E-state index contributed by atoms with van der Waals surface area (Å²) in [5.41, 5.74) is 7.85. The van der Waals surface area contributed by atoms with Gasteiger partial charge in [-0.1, -0.05) is 83.9 Å². The minimum absolute atomic E-state index is 0.0342. The van der Waals surface area contributed by atoms with E-state index in [9.17, 15) is 32.6 Å². The molecule has 4 aromatic carbocycles. The number of phenolic OH excluding ortho intramolecular Hbond substituents is 2. The first-order valence-electron chi connectivity index (χ1n) is 16.6. The SMILES string of the molecule is Nc1ncc(F)cc1F.O=Cc1ccc(Cl)cc1.Oc1c(C(Nc2ncc(F)cc2F)c2ccc(Cl)cc2)ccc2cccnc12.Oc1cccc2cccnc12. The van der Waals surface area contributed by atoms with E-state index in [-0.39, 0.29) is 23.1 Å². The fourth-order valence-electron chi connectivity index (χ4n) is 5.09. The fraction of sp³-hybridized carbons (Fsp3) is 0.0238. The van der Waals surface area contributed by atoms with Crippen LogP contribution in [-0.4, -0.2) is 36.4 Å². The Balaban J connectivity index is 0.000000173. The Morgan fingerprint density at radius 3 is 1.79 bits per heavy atom. The number of nitrogens with one attached hydrogen (secondary N) is 1. The number of nitrogens with two attached hydrogens (primary N) is 1. The van der Waals surface area contributed by atoms with Crippen LogP contribution in [0.15, 0.2) is 140 Å². The predicted molar refractivity (Wildman–Crippen MR) is 213 cm³/mol. The highest BCUT2D eigenvalue weighted by molar-refractivity contribution is 6.30. The highest BCUT2D eigenvalue weighted by Gasteiger charge is 2.22. The van der Waals surface area contributed by atoms with E-state index in [1.165, 1.54) is 0 Å². The predicted octanol–water partition coefficient (Wildman–Crippen LogP) is 10.5. The topological polar surface area (TPSA) is 147 Å². The van der Waals surface area contributed by atoms with E-state index in [2.05, 4.69) is 25.3 Å². The van der Waals surface area contributed by atoms with E-state index in [4.69, 9.17) is 28.9 Å². The van der Waals surface area contributed by atoms with Gasteiger partial charge in [-0.15, -0.1) is 0 Å². The zero-order valence-electron chi connectivity index (χ0n) is 29.4. The van der Waals surface area contributed by atoms with Gasteiger partial charge in [0.15, 0.2) is 23.3 Å². The maximum atomic E-state index is 14.2. The van der Waals surface area contributed by atoms with Gasteiger partial charge in [-0.25, -0.2) is 27.5 Å². The van der Waals surface area contributed by atoms with Gasteiger partial charge in [0.1, 0.15) is 40.5 Å². The number of pyridine rings is 4. The molecule has 5 N–H and O–H groups in total. The van der Waals surface area contributed by atoms with Gasteiger partial charge in [0.05, 0.1) is 18.4 Å². The number of fused-ring (bicyclic) bond motifs is 2. The molecule has 0 saturated heterocycles. The second-order valence-corrected chi connectivity index (χ2v) is 12.6. The number of hydrogen-bond donors (Lipinski definition) is 4. The molecule has 8 aromatic rings. The molecule has 0 bridgehead atoms. The summed E-state index contributed by atoms with van der Waals surface area (Å²) in [6.45, 7) is 0. The first-order chi connectivity index (χ1) is 27.4. The molecule has 15 heteroatoms. The number of carbonyl (C=O) groups is 1. The number of benzene rings is 4. The Morgan fingerprint density at radius 2 is 1.21 bits per heavy atom. The van der Waals surface area contributed by atoms with E-state index < -0.39 is 29.3 Å². The van der Waals surface area contributed by atoms with Crippen LogP contribution in [0, 0.1) is 23.3 Å². The Kier molecular flexibility index (Phi) is 14.3. The number of halogens is 6. The molecule has 8 rings (SSSR count). The molecule has 4 heterocycles. The van der Waals surface area contributed by atoms with Gasteiger partial charge in [-0.2, -0.15) is 0 Å². The Labute approximate surface area is 333 Å². The summed E-state index contributed by atoms with van der Waals surface area (Å²) in [5, 5.41) is 26.0. The van der Waals surface area contributed by atoms with Crippen molar-refractivity contribution in [2.45, 2.75) is 6.04 Å². The minimum Gasteiger partial charge on any atom is -0.506 e. The van der Waals surface area contributed by atoms with Crippen molar-refractivity contribution in [2.24, 2.45) is 0 Å². The number of aromatic hydroxyl groups is 2. The normalized spacial score (nSPS) is 10.8. The summed E-state index contributed by atoms with van der Waals surface area (Å²) < 4.78 is 51.6. The number of rotatable bonds is 5. The maximum Gasteiger partial charge on any atom is 0.168 e. The van der Waals surface area contributed by atoms with Crippen molar-refractivity contribution in [3.8, 4) is 11.5 Å². The van der Waals surface area contributed by atoms with Gasteiger partial charge >= 0.3 is 0 Å². The molecule has 0 fully saturated rings. The molecular weight excluding hydrogens is 783 g/mol. The summed E-state index contributed by atoms with van der Waals surface area (Å²) in [5.74, 6) is -3.37. The number of phenols is 2. The van der Waals surface area contributed by atoms with Crippen molar-refractivity contribution in [1.29, 1.82) is 0 Å². The van der Waals surface area contributed by atoms with E-state index in [1.807, 2.05) is 30.3 Å². The average molecular weight is 814 g/mol. The molecule has 0 aliphatic heterocycles. The lowest BCUT2D eigenvalue weighted by molar-refractivity contribution is 0.112. The van der Waals surface area contributed by atoms with E-state index >= 15 is 0 Å². The van der Waals surface area contributed by atoms with Gasteiger partial charge in [-0.3, -0.25) is 14.8 Å². The van der Waals surface area contributed by atoms with Crippen molar-refractivity contribution in [1.82, 2.24) is 19.9 Å². The Morgan fingerprint density at radius 1 is 0.649 bits per heavy atom. The molecule has 0 radical (unpaired) electrons. The van der Waals surface area contributed by atoms with Crippen molar-refractivity contribution in [3.63, 3.8) is 0 Å². The maximum absolute atomic E-state index is 14.2. The van der Waals surface area contributed by atoms with E-state index in [0.717, 1.165) is 35.5 Å². The second-order valence-electron chi connectivity index (χ2n) is 11.7. The molecular formula is C42H30Cl2F4N6O3. The molecule has 0 aliphatic carbocycles. The molecule has 0 saturated carbocycles. The quantitative estimate of drug-likeness (QED) is 0.0985. The van der Waals surface area contributed by atoms with Gasteiger partial charge in [-0.05, 0) is 48.0 Å². The zero-order valence-corrected chi connectivity index (χ0v) is 30.9. The van der Waals surface area contributed by atoms with Crippen LogP contribution in [0.1, 0.15) is 27.5 Å². The van der Waals surface area contributed by atoms with Crippen LogP contribution in [0.3, 0.4) is 0 Å². The molecule has 0 amide bonds. The third-order valence-corrected chi connectivity index (χ3v) is 8.34. The van der Waals surface area contributed by atoms with E-state index in [0.29, 0.717) is 43.8 Å². The van der Waals surface area contributed by atoms with Crippen LogP contribution in [0.2, 0.25) is 10.0 Å². The van der Waals surface area contributed by atoms with Gasteiger partial charge in [0.25, 0.3) is 0 Å². The highest BCUT2D eigenvalue weighted by Crippen LogP contribution is 2.37. The summed E-state index contributed by atoms with van der Waals surface area (Å²) in [4.78, 5) is 25.3. The molecule has 57 heavy (non-hydrogen) atoms. The second kappa shape index (κ2) is 19.7. The van der Waals surface area contributed by atoms with Crippen LogP contribution in [0.5, 0.6) is 11.5 Å². The summed E-state index contributed by atoms with van der Waals surface area (Å²) >= 11 is 11.5. The van der Waals surface area contributed by atoms with Crippen molar-refractivity contribution < 1.29 is 32.6 Å². The van der Waals surface area contributed by atoms with Gasteiger partial charge < -0.3 is 21.3 Å². The smallest absolute Gasteiger partial charge is 0.168 e. The number of aromatic nitrogens is 4. The zero-order chi connectivity index (χ0) is 40.9. The fourth-order valence-corrected chi connectivity index (χ4v) is 5.34. The van der Waals surface area contributed by atoms with Crippen LogP contribution >= 0.6 is 23.2 Å². The first-order valence-corrected chi connectivity index (χ1v) is 17.4. The molecule has 9 nitrogen and oxygen atoms in total. The molecule has 288 valence electrons. The molecule has 1 atom stereocenters. The lowest BCUT2D eigenvalue weighted by Gasteiger charge is -2.22. The third kappa shape index (κ3) is 11.4. The first kappa shape index (κ1) is 41.3. The monoisotopic (exact) mass is 812 g/mol. The molecule has 4 aromatic heterocycles. The summed E-state index contributed by atoms with van der Waals surface area (Å²) in [7, 11) is 0. The Bertz CT molecular complexity index is 2600. The largest absolute Gasteiger partial charge is 0.506 e. The summed E-state index contributed by atoms with van der Waals surface area (Å²) in [6, 6.07) is 30.6.